The Balaban J connectivity index is 1.80. The molecule has 2 N–H and O–H groups in total. The van der Waals surface area contributed by atoms with Gasteiger partial charge in [-0.15, -0.1) is 0 Å². The number of rotatable bonds is 3. The topological polar surface area (TPSA) is 52.3 Å². The van der Waals surface area contributed by atoms with Gasteiger partial charge in [0.1, 0.15) is 0 Å². The van der Waals surface area contributed by atoms with E-state index in [1.165, 1.54) is 39.2 Å². The van der Waals surface area contributed by atoms with Gasteiger partial charge in [-0.3, -0.25) is 4.79 Å². The van der Waals surface area contributed by atoms with Crippen LogP contribution in [0.2, 0.25) is 0 Å². The van der Waals surface area contributed by atoms with Gasteiger partial charge in [-0.25, -0.2) is 0 Å². The summed E-state index contributed by atoms with van der Waals surface area (Å²) in [6, 6.07) is 0. The molecule has 4 rings (SSSR count). The highest BCUT2D eigenvalue weighted by atomic mass is 16.5. The summed E-state index contributed by atoms with van der Waals surface area (Å²) in [5.41, 5.74) is 5.83. The molecule has 0 aromatic heterocycles. The van der Waals surface area contributed by atoms with E-state index >= 15 is 0 Å². The van der Waals surface area contributed by atoms with Gasteiger partial charge in [-0.2, -0.15) is 0 Å². The smallest absolute Gasteiger partial charge is 0.310 e. The van der Waals surface area contributed by atoms with Crippen LogP contribution in [0.1, 0.15) is 32.1 Å². The maximum atomic E-state index is 11.9. The predicted molar refractivity (Wildman–Crippen MR) is 65.1 cm³/mol. The van der Waals surface area contributed by atoms with Crippen molar-refractivity contribution >= 4 is 5.97 Å². The molecule has 0 saturated heterocycles. The van der Waals surface area contributed by atoms with E-state index in [-0.39, 0.29) is 11.9 Å². The van der Waals surface area contributed by atoms with Gasteiger partial charge in [0.2, 0.25) is 0 Å². The van der Waals surface area contributed by atoms with E-state index in [4.69, 9.17) is 10.5 Å². The number of esters is 1. The van der Waals surface area contributed by atoms with Crippen LogP contribution in [-0.4, -0.2) is 19.6 Å². The number of carbonyl (C=O) groups excluding carboxylic acids is 1. The Hall–Kier alpha value is -0.570. The highest BCUT2D eigenvalue weighted by Crippen LogP contribution is 2.58. The molecule has 0 aromatic rings. The summed E-state index contributed by atoms with van der Waals surface area (Å²) in [6.45, 7) is 0.458. The van der Waals surface area contributed by atoms with Gasteiger partial charge < -0.3 is 10.5 Å². The first-order valence-electron chi connectivity index (χ1n) is 7.00. The van der Waals surface area contributed by atoms with E-state index in [1.54, 1.807) is 0 Å². The number of nitrogens with two attached hydrogens (primary N) is 1. The molecule has 1 unspecified atom stereocenters. The van der Waals surface area contributed by atoms with E-state index in [9.17, 15) is 4.79 Å². The third kappa shape index (κ3) is 1.79. The first-order valence-corrected chi connectivity index (χ1v) is 7.00. The minimum Gasteiger partial charge on any atom is -0.469 e. The van der Waals surface area contributed by atoms with Crippen molar-refractivity contribution in [1.82, 2.24) is 0 Å². The summed E-state index contributed by atoms with van der Waals surface area (Å²) >= 11 is 0. The average molecular weight is 237 g/mol. The van der Waals surface area contributed by atoms with Crippen molar-refractivity contribution in [1.29, 1.82) is 0 Å². The summed E-state index contributed by atoms with van der Waals surface area (Å²) in [7, 11) is 1.49. The standard InChI is InChI=1S/C14H23NO2/c1-17-14(16)12(7-15)13-10-3-8-2-9(5-10)6-11(13)4-8/h8-13H,2-7,15H2,1H3. The molecular weight excluding hydrogens is 214 g/mol. The molecule has 4 aliphatic rings. The highest BCUT2D eigenvalue weighted by Gasteiger charge is 2.51. The first-order chi connectivity index (χ1) is 8.22. The fraction of sp³-hybridized carbons (Fsp3) is 0.929. The molecule has 0 aromatic carbocycles. The SMILES string of the molecule is COC(=O)C(CN)C1C2CC3CC(C2)CC1C3. The van der Waals surface area contributed by atoms with Crippen molar-refractivity contribution in [3.63, 3.8) is 0 Å². The fourth-order valence-corrected chi connectivity index (χ4v) is 5.19. The number of ether oxygens (including phenoxy) is 1. The molecule has 0 radical (unpaired) electrons. The molecule has 4 aliphatic carbocycles. The van der Waals surface area contributed by atoms with Crippen molar-refractivity contribution in [3.8, 4) is 0 Å². The van der Waals surface area contributed by atoms with Crippen molar-refractivity contribution in [2.45, 2.75) is 32.1 Å². The van der Waals surface area contributed by atoms with E-state index in [0.717, 1.165) is 23.7 Å². The normalized spacial score (nSPS) is 44.7. The Bertz CT molecular complexity index is 287. The molecule has 4 fully saturated rings. The van der Waals surface area contributed by atoms with Crippen molar-refractivity contribution in [3.05, 3.63) is 0 Å². The molecule has 3 heteroatoms. The summed E-state index contributed by atoms with van der Waals surface area (Å²) in [5.74, 6) is 3.78. The second kappa shape index (κ2) is 4.27. The lowest BCUT2D eigenvalue weighted by molar-refractivity contribution is -0.154. The Morgan fingerprint density at radius 2 is 1.71 bits per heavy atom. The molecule has 0 heterocycles. The van der Waals surface area contributed by atoms with Crippen molar-refractivity contribution in [2.75, 3.05) is 13.7 Å². The van der Waals surface area contributed by atoms with Crippen LogP contribution in [-0.2, 0) is 9.53 Å². The average Bonchev–Trinajstić information content (AvgIpc) is 2.32. The van der Waals surface area contributed by atoms with Gasteiger partial charge >= 0.3 is 5.97 Å². The Morgan fingerprint density at radius 1 is 1.18 bits per heavy atom. The zero-order chi connectivity index (χ0) is 12.0. The minimum absolute atomic E-state index is 0.0463. The van der Waals surface area contributed by atoms with Gasteiger partial charge in [-0.1, -0.05) is 0 Å². The molecule has 3 nitrogen and oxygen atoms in total. The number of hydrogen-bond acceptors (Lipinski definition) is 3. The monoisotopic (exact) mass is 237 g/mol. The summed E-state index contributed by atoms with van der Waals surface area (Å²) in [5, 5.41) is 0. The third-order valence-electron chi connectivity index (χ3n) is 5.52. The van der Waals surface area contributed by atoms with Crippen LogP contribution in [0.4, 0.5) is 0 Å². The lowest BCUT2D eigenvalue weighted by Gasteiger charge is -2.55. The van der Waals surface area contributed by atoms with Crippen LogP contribution in [0.5, 0.6) is 0 Å². The third-order valence-corrected chi connectivity index (χ3v) is 5.52. The maximum Gasteiger partial charge on any atom is 0.310 e. The second-order valence-corrected chi connectivity index (χ2v) is 6.37. The van der Waals surface area contributed by atoms with Crippen LogP contribution < -0.4 is 5.73 Å². The number of hydrogen-bond donors (Lipinski definition) is 1. The van der Waals surface area contributed by atoms with E-state index in [0.29, 0.717) is 12.5 Å². The van der Waals surface area contributed by atoms with Gasteiger partial charge in [0.15, 0.2) is 0 Å². The lowest BCUT2D eigenvalue weighted by atomic mass is 9.49. The Labute approximate surface area is 103 Å². The molecule has 0 spiro atoms. The molecule has 0 aliphatic heterocycles. The van der Waals surface area contributed by atoms with Crippen LogP contribution in [0.15, 0.2) is 0 Å². The number of methoxy groups -OCH3 is 1. The molecular formula is C14H23NO2. The first kappa shape index (κ1) is 11.5. The summed E-state index contributed by atoms with van der Waals surface area (Å²) < 4.78 is 4.94. The second-order valence-electron chi connectivity index (χ2n) is 6.37. The van der Waals surface area contributed by atoms with Crippen LogP contribution in [0, 0.1) is 35.5 Å². The fourth-order valence-electron chi connectivity index (χ4n) is 5.19. The largest absolute Gasteiger partial charge is 0.469 e. The van der Waals surface area contributed by atoms with Crippen LogP contribution in [0.25, 0.3) is 0 Å². The Morgan fingerprint density at radius 3 is 2.12 bits per heavy atom. The Kier molecular flexibility index (Phi) is 2.89. The van der Waals surface area contributed by atoms with E-state index < -0.39 is 0 Å². The zero-order valence-corrected chi connectivity index (χ0v) is 10.6. The quantitative estimate of drug-likeness (QED) is 0.762. The van der Waals surface area contributed by atoms with Crippen molar-refractivity contribution < 1.29 is 9.53 Å². The predicted octanol–water partition coefficient (Wildman–Crippen LogP) is 1.81. The molecule has 4 bridgehead atoms. The maximum absolute atomic E-state index is 11.9. The van der Waals surface area contributed by atoms with Gasteiger partial charge in [0.05, 0.1) is 13.0 Å². The molecule has 0 amide bonds. The molecule has 4 saturated carbocycles. The summed E-state index contributed by atoms with van der Waals surface area (Å²) in [4.78, 5) is 11.9. The molecule has 96 valence electrons. The van der Waals surface area contributed by atoms with E-state index in [2.05, 4.69) is 0 Å². The highest BCUT2D eigenvalue weighted by molar-refractivity contribution is 5.73. The molecule has 1 atom stereocenters. The van der Waals surface area contributed by atoms with Crippen LogP contribution in [0.3, 0.4) is 0 Å². The lowest BCUT2D eigenvalue weighted by Crippen LogP contribution is -2.50. The molecule has 17 heavy (non-hydrogen) atoms. The van der Waals surface area contributed by atoms with Gasteiger partial charge in [0, 0.05) is 6.54 Å². The van der Waals surface area contributed by atoms with E-state index in [1.807, 2.05) is 0 Å². The summed E-state index contributed by atoms with van der Waals surface area (Å²) in [6.07, 6.45) is 6.80. The van der Waals surface area contributed by atoms with Crippen LogP contribution >= 0.6 is 0 Å². The zero-order valence-electron chi connectivity index (χ0n) is 10.6. The number of carbonyl (C=O) groups is 1. The van der Waals surface area contributed by atoms with Gasteiger partial charge in [0.25, 0.3) is 0 Å². The van der Waals surface area contributed by atoms with Gasteiger partial charge in [-0.05, 0) is 61.7 Å². The minimum atomic E-state index is -0.0787. The van der Waals surface area contributed by atoms with Crippen molar-refractivity contribution in [2.24, 2.45) is 41.2 Å².